The van der Waals surface area contributed by atoms with Crippen molar-refractivity contribution in [1.29, 1.82) is 0 Å². The fraction of sp³-hybridized carbons (Fsp3) is 0.333. The summed E-state index contributed by atoms with van der Waals surface area (Å²) in [6, 6.07) is 13.3. The van der Waals surface area contributed by atoms with E-state index >= 15 is 0 Å². The lowest BCUT2D eigenvalue weighted by molar-refractivity contribution is -0.118. The quantitative estimate of drug-likeness (QED) is 0.609. The third-order valence-electron chi connectivity index (χ3n) is 4.12. The molecular formula is C21H25ClN2O4. The van der Waals surface area contributed by atoms with Gasteiger partial charge < -0.3 is 19.7 Å². The van der Waals surface area contributed by atoms with Crippen molar-refractivity contribution < 1.29 is 19.1 Å². The highest BCUT2D eigenvalue weighted by Crippen LogP contribution is 2.16. The molecule has 0 saturated heterocycles. The maximum Gasteiger partial charge on any atom is 0.338 e. The number of esters is 1. The van der Waals surface area contributed by atoms with Crippen molar-refractivity contribution in [2.75, 3.05) is 38.2 Å². The van der Waals surface area contributed by atoms with Crippen molar-refractivity contribution in [2.24, 2.45) is 0 Å². The van der Waals surface area contributed by atoms with E-state index in [4.69, 9.17) is 21.1 Å². The van der Waals surface area contributed by atoms with E-state index in [1.54, 1.807) is 48.5 Å². The molecule has 6 nitrogen and oxygen atoms in total. The second-order valence-electron chi connectivity index (χ2n) is 6.03. The summed E-state index contributed by atoms with van der Waals surface area (Å²) in [7, 11) is 0. The van der Waals surface area contributed by atoms with Crippen LogP contribution >= 0.6 is 11.6 Å². The Balaban J connectivity index is 1.77. The molecule has 0 bridgehead atoms. The van der Waals surface area contributed by atoms with Crippen LogP contribution in [0.4, 0.5) is 5.69 Å². The molecule has 0 spiro atoms. The van der Waals surface area contributed by atoms with E-state index in [-0.39, 0.29) is 18.5 Å². The Kier molecular flexibility index (Phi) is 8.78. The summed E-state index contributed by atoms with van der Waals surface area (Å²) in [4.78, 5) is 26.2. The average molecular weight is 405 g/mol. The number of nitrogens with zero attached hydrogens (tertiary/aromatic N) is 1. The fourth-order valence-corrected chi connectivity index (χ4v) is 2.58. The first-order valence-corrected chi connectivity index (χ1v) is 9.57. The number of hydrogen-bond donors (Lipinski definition) is 1. The van der Waals surface area contributed by atoms with Gasteiger partial charge in [0.1, 0.15) is 12.4 Å². The third-order valence-corrected chi connectivity index (χ3v) is 4.38. The number of amides is 1. The molecule has 1 amide bonds. The van der Waals surface area contributed by atoms with Crippen LogP contribution in [0.3, 0.4) is 0 Å². The van der Waals surface area contributed by atoms with Gasteiger partial charge in [0, 0.05) is 17.3 Å². The summed E-state index contributed by atoms with van der Waals surface area (Å²) in [5.41, 5.74) is 1.01. The summed E-state index contributed by atoms with van der Waals surface area (Å²) < 4.78 is 10.7. The summed E-state index contributed by atoms with van der Waals surface area (Å²) in [6.07, 6.45) is 0. The van der Waals surface area contributed by atoms with Crippen LogP contribution in [0.1, 0.15) is 24.2 Å². The van der Waals surface area contributed by atoms with Crippen molar-refractivity contribution in [3.05, 3.63) is 59.1 Å². The standard InChI is InChI=1S/C21H25ClN2O4/c1-3-24(4-2)13-14-27-21(26)16-5-9-18(10-6-16)23-20(25)15-28-19-11-7-17(22)8-12-19/h5-12H,3-4,13-15H2,1-2H3,(H,23,25). The van der Waals surface area contributed by atoms with Gasteiger partial charge in [-0.2, -0.15) is 0 Å². The zero-order valence-corrected chi connectivity index (χ0v) is 16.9. The molecule has 0 fully saturated rings. The van der Waals surface area contributed by atoms with Gasteiger partial charge in [0.05, 0.1) is 5.56 Å². The second kappa shape index (κ2) is 11.3. The molecule has 28 heavy (non-hydrogen) atoms. The minimum atomic E-state index is -0.379. The number of anilines is 1. The van der Waals surface area contributed by atoms with Crippen molar-refractivity contribution in [3.8, 4) is 5.75 Å². The van der Waals surface area contributed by atoms with Gasteiger partial charge in [-0.15, -0.1) is 0 Å². The summed E-state index contributed by atoms with van der Waals surface area (Å²) in [5, 5.41) is 3.31. The molecule has 7 heteroatoms. The van der Waals surface area contributed by atoms with Gasteiger partial charge in [0.25, 0.3) is 5.91 Å². The lowest BCUT2D eigenvalue weighted by Gasteiger charge is -2.17. The van der Waals surface area contributed by atoms with Crippen LogP contribution in [0.2, 0.25) is 5.02 Å². The second-order valence-corrected chi connectivity index (χ2v) is 6.47. The molecule has 0 radical (unpaired) electrons. The molecule has 2 aromatic carbocycles. The predicted octanol–water partition coefficient (Wildman–Crippen LogP) is 3.86. The number of nitrogens with one attached hydrogen (secondary N) is 1. The summed E-state index contributed by atoms with van der Waals surface area (Å²) >= 11 is 5.80. The Hall–Kier alpha value is -2.57. The minimum absolute atomic E-state index is 0.128. The molecule has 0 aliphatic carbocycles. The highest BCUT2D eigenvalue weighted by Gasteiger charge is 2.09. The largest absolute Gasteiger partial charge is 0.484 e. The number of ether oxygens (including phenoxy) is 2. The smallest absolute Gasteiger partial charge is 0.338 e. The van der Waals surface area contributed by atoms with E-state index < -0.39 is 0 Å². The van der Waals surface area contributed by atoms with E-state index in [1.807, 2.05) is 0 Å². The van der Waals surface area contributed by atoms with Gasteiger partial charge in [0.15, 0.2) is 6.61 Å². The van der Waals surface area contributed by atoms with E-state index in [0.29, 0.717) is 35.2 Å². The molecule has 2 aromatic rings. The Bertz CT molecular complexity index is 759. The highest BCUT2D eigenvalue weighted by molar-refractivity contribution is 6.30. The van der Waals surface area contributed by atoms with Gasteiger partial charge in [-0.05, 0) is 61.6 Å². The first-order chi connectivity index (χ1) is 13.5. The van der Waals surface area contributed by atoms with Gasteiger partial charge in [-0.25, -0.2) is 4.79 Å². The number of halogens is 1. The zero-order chi connectivity index (χ0) is 20.4. The topological polar surface area (TPSA) is 67.9 Å². The van der Waals surface area contributed by atoms with Crippen molar-refractivity contribution >= 4 is 29.2 Å². The zero-order valence-electron chi connectivity index (χ0n) is 16.1. The third kappa shape index (κ3) is 7.21. The van der Waals surface area contributed by atoms with E-state index in [0.717, 1.165) is 13.1 Å². The highest BCUT2D eigenvalue weighted by atomic mass is 35.5. The van der Waals surface area contributed by atoms with Gasteiger partial charge in [0.2, 0.25) is 0 Å². The molecule has 0 unspecified atom stereocenters. The molecule has 0 aliphatic rings. The molecular weight excluding hydrogens is 380 g/mol. The van der Waals surface area contributed by atoms with Crippen LogP contribution in [0, 0.1) is 0 Å². The Morgan fingerprint density at radius 1 is 1.00 bits per heavy atom. The summed E-state index contributed by atoms with van der Waals surface area (Å²) in [6.45, 7) is 6.91. The van der Waals surface area contributed by atoms with Crippen molar-refractivity contribution in [1.82, 2.24) is 4.90 Å². The van der Waals surface area contributed by atoms with Crippen LogP contribution in [-0.4, -0.2) is 49.6 Å². The van der Waals surface area contributed by atoms with Crippen LogP contribution in [0.15, 0.2) is 48.5 Å². The number of rotatable bonds is 10. The van der Waals surface area contributed by atoms with Gasteiger partial charge >= 0.3 is 5.97 Å². The number of likely N-dealkylation sites (N-methyl/N-ethyl adjacent to an activating group) is 1. The van der Waals surface area contributed by atoms with E-state index in [9.17, 15) is 9.59 Å². The van der Waals surface area contributed by atoms with Crippen LogP contribution in [0.5, 0.6) is 5.75 Å². The maximum absolute atomic E-state index is 12.1. The number of benzene rings is 2. The maximum atomic E-state index is 12.1. The van der Waals surface area contributed by atoms with Crippen molar-refractivity contribution in [3.63, 3.8) is 0 Å². The van der Waals surface area contributed by atoms with Crippen LogP contribution in [-0.2, 0) is 9.53 Å². The first kappa shape index (κ1) is 21.7. The lowest BCUT2D eigenvalue weighted by atomic mass is 10.2. The molecule has 1 N–H and O–H groups in total. The van der Waals surface area contributed by atoms with Crippen molar-refractivity contribution in [2.45, 2.75) is 13.8 Å². The molecule has 2 rings (SSSR count). The monoisotopic (exact) mass is 404 g/mol. The summed E-state index contributed by atoms with van der Waals surface area (Å²) in [5.74, 6) is -0.122. The number of carbonyl (C=O) groups excluding carboxylic acids is 2. The SMILES string of the molecule is CCN(CC)CCOC(=O)c1ccc(NC(=O)COc2ccc(Cl)cc2)cc1. The lowest BCUT2D eigenvalue weighted by Crippen LogP contribution is -2.27. The minimum Gasteiger partial charge on any atom is -0.484 e. The fourth-order valence-electron chi connectivity index (χ4n) is 2.46. The number of carbonyl (C=O) groups is 2. The average Bonchev–Trinajstić information content (AvgIpc) is 2.71. The van der Waals surface area contributed by atoms with Crippen LogP contribution < -0.4 is 10.1 Å². The molecule has 0 aromatic heterocycles. The molecule has 0 atom stereocenters. The molecule has 0 saturated carbocycles. The van der Waals surface area contributed by atoms with E-state index in [2.05, 4.69) is 24.1 Å². The first-order valence-electron chi connectivity index (χ1n) is 9.19. The van der Waals surface area contributed by atoms with Crippen LogP contribution in [0.25, 0.3) is 0 Å². The van der Waals surface area contributed by atoms with Gasteiger partial charge in [-0.3, -0.25) is 4.79 Å². The number of hydrogen-bond acceptors (Lipinski definition) is 5. The predicted molar refractivity (Wildman–Crippen MR) is 110 cm³/mol. The normalized spacial score (nSPS) is 10.6. The van der Waals surface area contributed by atoms with Gasteiger partial charge in [-0.1, -0.05) is 25.4 Å². The Labute approximate surface area is 170 Å². The molecule has 150 valence electrons. The Morgan fingerprint density at radius 3 is 2.25 bits per heavy atom. The Morgan fingerprint density at radius 2 is 1.64 bits per heavy atom. The molecule has 0 aliphatic heterocycles. The van der Waals surface area contributed by atoms with E-state index in [1.165, 1.54) is 0 Å². The molecule has 0 heterocycles.